The lowest BCUT2D eigenvalue weighted by molar-refractivity contribution is 0.370. The van der Waals surface area contributed by atoms with Crippen LogP contribution >= 0.6 is 0 Å². The molecule has 0 aliphatic heterocycles. The molecule has 1 saturated carbocycles. The number of fused-ring (bicyclic) bond motifs is 3. The van der Waals surface area contributed by atoms with Gasteiger partial charge in [0.15, 0.2) is 0 Å². The van der Waals surface area contributed by atoms with Gasteiger partial charge in [0.1, 0.15) is 0 Å². The van der Waals surface area contributed by atoms with Crippen LogP contribution in [0, 0.1) is 23.7 Å². The Balaban J connectivity index is 1.94. The van der Waals surface area contributed by atoms with E-state index in [2.05, 4.69) is 25.2 Å². The number of hydrogen-bond acceptors (Lipinski definition) is 0. The maximum atomic E-state index is 2.48. The van der Waals surface area contributed by atoms with Crippen molar-refractivity contribution in [1.82, 2.24) is 0 Å². The Morgan fingerprint density at radius 1 is 1.33 bits per heavy atom. The Morgan fingerprint density at radius 3 is 3.17 bits per heavy atom. The smallest absolute Gasteiger partial charge is 0.0128 e. The van der Waals surface area contributed by atoms with Crippen molar-refractivity contribution in [3.63, 3.8) is 0 Å². The second-order valence-electron chi connectivity index (χ2n) is 4.81. The van der Waals surface area contributed by atoms with Crippen molar-refractivity contribution in [3.05, 3.63) is 23.8 Å². The lowest BCUT2D eigenvalue weighted by atomic mass is 9.77. The minimum absolute atomic E-state index is 0.937. The van der Waals surface area contributed by atoms with E-state index >= 15 is 0 Å². The topological polar surface area (TPSA) is 0 Å². The molecule has 0 amide bonds. The van der Waals surface area contributed by atoms with E-state index in [1.807, 2.05) is 0 Å². The normalized spacial score (nSPS) is 49.2. The first-order chi connectivity index (χ1) is 5.84. The summed E-state index contributed by atoms with van der Waals surface area (Å²) < 4.78 is 0. The standard InChI is InChI=1S/C12H16/c1-8-2-3-9-4-5-10-7-12(10)11(9)6-8/h3-5,8,10-12H,2,6-7H2,1H3. The molecule has 1 fully saturated rings. The first kappa shape index (κ1) is 6.94. The van der Waals surface area contributed by atoms with Gasteiger partial charge in [0, 0.05) is 0 Å². The zero-order valence-corrected chi connectivity index (χ0v) is 7.66. The molecule has 0 aromatic rings. The second kappa shape index (κ2) is 2.25. The van der Waals surface area contributed by atoms with Crippen LogP contribution in [0.3, 0.4) is 0 Å². The van der Waals surface area contributed by atoms with Gasteiger partial charge >= 0.3 is 0 Å². The molecule has 4 atom stereocenters. The molecule has 0 heteroatoms. The molecule has 3 aliphatic carbocycles. The molecule has 0 spiro atoms. The largest absolute Gasteiger partial charge is 0.0808 e. The van der Waals surface area contributed by atoms with Crippen molar-refractivity contribution < 1.29 is 0 Å². The second-order valence-corrected chi connectivity index (χ2v) is 4.81. The van der Waals surface area contributed by atoms with Gasteiger partial charge in [0.2, 0.25) is 0 Å². The van der Waals surface area contributed by atoms with Crippen molar-refractivity contribution in [2.45, 2.75) is 26.2 Å². The lowest BCUT2D eigenvalue weighted by Crippen LogP contribution is -2.17. The average Bonchev–Trinajstić information content (AvgIpc) is 2.82. The SMILES string of the molecule is CC1CC=C2C=CC3CC3C2C1. The van der Waals surface area contributed by atoms with Gasteiger partial charge in [-0.05, 0) is 48.5 Å². The zero-order valence-electron chi connectivity index (χ0n) is 7.66. The Labute approximate surface area is 74.4 Å². The van der Waals surface area contributed by atoms with E-state index in [1.165, 1.54) is 19.3 Å². The quantitative estimate of drug-likeness (QED) is 0.510. The lowest BCUT2D eigenvalue weighted by Gasteiger charge is -2.28. The maximum absolute atomic E-state index is 2.48. The van der Waals surface area contributed by atoms with E-state index in [9.17, 15) is 0 Å². The van der Waals surface area contributed by atoms with Crippen LogP contribution in [0.4, 0.5) is 0 Å². The average molecular weight is 160 g/mol. The van der Waals surface area contributed by atoms with Crippen molar-refractivity contribution in [1.29, 1.82) is 0 Å². The summed E-state index contributed by atoms with van der Waals surface area (Å²) in [5, 5.41) is 0. The highest BCUT2D eigenvalue weighted by Crippen LogP contribution is 2.54. The van der Waals surface area contributed by atoms with E-state index in [0.29, 0.717) is 0 Å². The third-order valence-electron chi connectivity index (χ3n) is 3.78. The van der Waals surface area contributed by atoms with Crippen molar-refractivity contribution in [2.24, 2.45) is 23.7 Å². The van der Waals surface area contributed by atoms with Gasteiger partial charge in [0.25, 0.3) is 0 Å². The summed E-state index contributed by atoms with van der Waals surface area (Å²) in [6.45, 7) is 2.39. The number of rotatable bonds is 0. The van der Waals surface area contributed by atoms with Crippen molar-refractivity contribution in [3.8, 4) is 0 Å². The molecule has 0 N–H and O–H groups in total. The molecule has 64 valence electrons. The molecule has 0 bridgehead atoms. The van der Waals surface area contributed by atoms with E-state index < -0.39 is 0 Å². The number of hydrogen-bond donors (Lipinski definition) is 0. The van der Waals surface area contributed by atoms with Crippen LogP contribution in [0.5, 0.6) is 0 Å². The molecule has 0 aromatic heterocycles. The van der Waals surface area contributed by atoms with E-state index in [4.69, 9.17) is 0 Å². The third-order valence-corrected chi connectivity index (χ3v) is 3.78. The summed E-state index contributed by atoms with van der Waals surface area (Å²) in [5.74, 6) is 3.90. The highest BCUT2D eigenvalue weighted by atomic mass is 14.5. The Kier molecular flexibility index (Phi) is 1.30. The predicted octanol–water partition coefficient (Wildman–Crippen LogP) is 3.16. The fourth-order valence-corrected chi connectivity index (χ4v) is 2.92. The Morgan fingerprint density at radius 2 is 2.25 bits per heavy atom. The van der Waals surface area contributed by atoms with Gasteiger partial charge in [-0.1, -0.05) is 25.2 Å². The van der Waals surface area contributed by atoms with Crippen LogP contribution in [-0.2, 0) is 0 Å². The molecule has 3 rings (SSSR count). The fraction of sp³-hybridized carbons (Fsp3) is 0.667. The minimum atomic E-state index is 0.937. The summed E-state index contributed by atoms with van der Waals surface area (Å²) >= 11 is 0. The van der Waals surface area contributed by atoms with E-state index in [0.717, 1.165) is 23.7 Å². The predicted molar refractivity (Wildman–Crippen MR) is 50.7 cm³/mol. The third kappa shape index (κ3) is 0.903. The molecular formula is C12H16. The van der Waals surface area contributed by atoms with Gasteiger partial charge < -0.3 is 0 Å². The summed E-state index contributed by atoms with van der Waals surface area (Å²) in [5.41, 5.74) is 1.66. The first-order valence-corrected chi connectivity index (χ1v) is 5.23. The summed E-state index contributed by atoms with van der Waals surface area (Å²) in [6, 6.07) is 0. The van der Waals surface area contributed by atoms with Crippen molar-refractivity contribution in [2.75, 3.05) is 0 Å². The molecule has 4 unspecified atom stereocenters. The van der Waals surface area contributed by atoms with Crippen LogP contribution in [0.25, 0.3) is 0 Å². The van der Waals surface area contributed by atoms with Gasteiger partial charge in [-0.15, -0.1) is 0 Å². The molecular weight excluding hydrogens is 144 g/mol. The molecule has 0 heterocycles. The summed E-state index contributed by atoms with van der Waals surface area (Å²) in [7, 11) is 0. The highest BCUT2D eigenvalue weighted by molar-refractivity contribution is 5.33. The van der Waals surface area contributed by atoms with Crippen LogP contribution in [0.2, 0.25) is 0 Å². The Hall–Kier alpha value is -0.520. The van der Waals surface area contributed by atoms with Crippen LogP contribution in [0.1, 0.15) is 26.2 Å². The van der Waals surface area contributed by atoms with Gasteiger partial charge in [-0.25, -0.2) is 0 Å². The Bertz CT molecular complexity index is 259. The molecule has 0 radical (unpaired) electrons. The van der Waals surface area contributed by atoms with Crippen LogP contribution in [-0.4, -0.2) is 0 Å². The van der Waals surface area contributed by atoms with E-state index in [-0.39, 0.29) is 0 Å². The highest BCUT2D eigenvalue weighted by Gasteiger charge is 2.45. The fourth-order valence-electron chi connectivity index (χ4n) is 2.92. The molecule has 12 heavy (non-hydrogen) atoms. The first-order valence-electron chi connectivity index (χ1n) is 5.23. The van der Waals surface area contributed by atoms with Crippen LogP contribution in [0.15, 0.2) is 23.8 Å². The minimum Gasteiger partial charge on any atom is -0.0808 e. The van der Waals surface area contributed by atoms with E-state index in [1.54, 1.807) is 5.57 Å². The molecule has 0 aromatic carbocycles. The summed E-state index contributed by atoms with van der Waals surface area (Å²) in [4.78, 5) is 0. The van der Waals surface area contributed by atoms with Crippen LogP contribution < -0.4 is 0 Å². The molecule has 3 aliphatic rings. The number of allylic oxidation sites excluding steroid dienone is 4. The molecule has 0 nitrogen and oxygen atoms in total. The summed E-state index contributed by atoms with van der Waals surface area (Å²) in [6.07, 6.45) is 11.5. The van der Waals surface area contributed by atoms with Crippen molar-refractivity contribution >= 4 is 0 Å². The maximum Gasteiger partial charge on any atom is -0.0128 e. The monoisotopic (exact) mass is 160 g/mol. The zero-order chi connectivity index (χ0) is 8.13. The molecule has 0 saturated heterocycles. The van der Waals surface area contributed by atoms with Gasteiger partial charge in [-0.3, -0.25) is 0 Å². The van der Waals surface area contributed by atoms with Gasteiger partial charge in [-0.2, -0.15) is 0 Å². The van der Waals surface area contributed by atoms with Gasteiger partial charge in [0.05, 0.1) is 0 Å².